The quantitative estimate of drug-likeness (QED) is 0.226. The Morgan fingerprint density at radius 3 is 1.66 bits per heavy atom. The lowest BCUT2D eigenvalue weighted by Gasteiger charge is -2.44. The van der Waals surface area contributed by atoms with Crippen molar-refractivity contribution in [1.82, 2.24) is 0 Å². The molecule has 9 heteroatoms. The van der Waals surface area contributed by atoms with Crippen LogP contribution in [0.5, 0.6) is 0 Å². The molecule has 1 saturated carbocycles. The van der Waals surface area contributed by atoms with Gasteiger partial charge in [-0.1, -0.05) is 46.7 Å². The Morgan fingerprint density at radius 1 is 0.828 bits per heavy atom. The Morgan fingerprint density at radius 2 is 1.24 bits per heavy atom. The van der Waals surface area contributed by atoms with E-state index in [1.807, 2.05) is 13.8 Å². The Hall–Kier alpha value is -0.416. The predicted octanol–water partition coefficient (Wildman–Crippen LogP) is 5.98. The second-order valence-electron chi connectivity index (χ2n) is 11.9. The molecular weight excluding hydrogens is 402 g/mol. The van der Waals surface area contributed by atoms with Crippen LogP contribution in [0.15, 0.2) is 5.11 Å². The molecule has 0 N–H and O–H groups in total. The van der Waals surface area contributed by atoms with E-state index in [0.717, 1.165) is 0 Å². The summed E-state index contributed by atoms with van der Waals surface area (Å²) in [4.78, 5) is 3.13. The molecule has 7 nitrogen and oxygen atoms in total. The van der Waals surface area contributed by atoms with Gasteiger partial charge in [-0.3, -0.25) is 0 Å². The van der Waals surface area contributed by atoms with Crippen LogP contribution >= 0.6 is 0 Å². The smallest absolute Gasteiger partial charge is 0.192 e. The van der Waals surface area contributed by atoms with Crippen molar-refractivity contribution in [3.05, 3.63) is 10.4 Å². The standard InChI is InChI=1S/C20H41N3O4Si2/c1-18(2,3)28(9,10)26-15-13(22-23-21)14-16(25-20(7,8)24-14)17(15)27-29(11,12)19(4,5)6/h13-17H,1-12H3/t13-,14+,15-,16+,17+/m1/s1. The van der Waals surface area contributed by atoms with Gasteiger partial charge in [-0.05, 0) is 55.6 Å². The first-order chi connectivity index (χ1) is 12.8. The SMILES string of the molecule is CC1(C)O[C@@H]2[C@@H](O[Si](C)(C)C(C)(C)C)[C@H](O[Si](C)(C)C(C)(C)C)[C@H](N=[N+]=[N-])[C@@H]2O1. The second kappa shape index (κ2) is 7.62. The fourth-order valence-electron chi connectivity index (χ4n) is 3.40. The molecule has 168 valence electrons. The lowest BCUT2D eigenvalue weighted by atomic mass is 10.2. The van der Waals surface area contributed by atoms with Crippen LogP contribution in [0, 0.1) is 0 Å². The Labute approximate surface area is 178 Å². The summed E-state index contributed by atoms with van der Waals surface area (Å²) >= 11 is 0. The summed E-state index contributed by atoms with van der Waals surface area (Å²) in [7, 11) is -4.27. The van der Waals surface area contributed by atoms with Gasteiger partial charge >= 0.3 is 0 Å². The van der Waals surface area contributed by atoms with Crippen molar-refractivity contribution in [1.29, 1.82) is 0 Å². The molecule has 0 aromatic heterocycles. The Balaban J connectivity index is 2.49. The van der Waals surface area contributed by atoms with Crippen LogP contribution in [0.2, 0.25) is 36.3 Å². The number of rotatable bonds is 5. The van der Waals surface area contributed by atoms with E-state index >= 15 is 0 Å². The Bertz CT molecular complexity index is 664. The largest absolute Gasteiger partial charge is 0.411 e. The zero-order valence-electron chi connectivity index (χ0n) is 20.4. The van der Waals surface area contributed by atoms with Crippen molar-refractivity contribution >= 4 is 16.6 Å². The van der Waals surface area contributed by atoms with E-state index in [-0.39, 0.29) is 34.5 Å². The zero-order chi connectivity index (χ0) is 22.6. The molecule has 0 radical (unpaired) electrons. The number of fused-ring (bicyclic) bond motifs is 1. The molecule has 1 aliphatic carbocycles. The molecule has 0 bridgehead atoms. The van der Waals surface area contributed by atoms with Gasteiger partial charge < -0.3 is 18.3 Å². The lowest BCUT2D eigenvalue weighted by molar-refractivity contribution is -0.172. The molecule has 0 aromatic rings. The zero-order valence-corrected chi connectivity index (χ0v) is 22.4. The normalized spacial score (nSPS) is 32.8. The molecule has 0 aromatic carbocycles. The van der Waals surface area contributed by atoms with Crippen molar-refractivity contribution in [3.63, 3.8) is 0 Å². The average molecular weight is 444 g/mol. The van der Waals surface area contributed by atoms with Crippen molar-refractivity contribution in [2.24, 2.45) is 5.11 Å². The first-order valence-corrected chi connectivity index (χ1v) is 16.4. The van der Waals surface area contributed by atoms with Crippen LogP contribution in [0.1, 0.15) is 55.4 Å². The second-order valence-corrected chi connectivity index (χ2v) is 21.5. The van der Waals surface area contributed by atoms with E-state index in [4.69, 9.17) is 18.3 Å². The van der Waals surface area contributed by atoms with Crippen molar-refractivity contribution in [3.8, 4) is 0 Å². The summed E-state index contributed by atoms with van der Waals surface area (Å²) in [5.74, 6) is -0.741. The van der Waals surface area contributed by atoms with Crippen LogP contribution in [0.3, 0.4) is 0 Å². The van der Waals surface area contributed by atoms with Gasteiger partial charge in [-0.15, -0.1) is 0 Å². The van der Waals surface area contributed by atoms with Gasteiger partial charge in [0.05, 0.1) is 18.2 Å². The summed E-state index contributed by atoms with van der Waals surface area (Å²) in [6, 6.07) is -0.476. The highest BCUT2D eigenvalue weighted by Gasteiger charge is 2.62. The summed E-state index contributed by atoms with van der Waals surface area (Å²) in [5, 5.41) is 4.19. The predicted molar refractivity (Wildman–Crippen MR) is 121 cm³/mol. The van der Waals surface area contributed by atoms with Gasteiger partial charge in [0.1, 0.15) is 12.2 Å². The average Bonchev–Trinajstić information content (AvgIpc) is 2.91. The van der Waals surface area contributed by atoms with E-state index in [1.54, 1.807) is 0 Å². The first-order valence-electron chi connectivity index (χ1n) is 10.6. The summed E-state index contributed by atoms with van der Waals surface area (Å²) in [6.45, 7) is 25.9. The molecule has 1 heterocycles. The topological polar surface area (TPSA) is 85.7 Å². The molecule has 29 heavy (non-hydrogen) atoms. The molecule has 5 atom stereocenters. The molecule has 1 aliphatic heterocycles. The van der Waals surface area contributed by atoms with Crippen LogP contribution < -0.4 is 0 Å². The molecule has 2 aliphatic rings. The number of ether oxygens (including phenoxy) is 2. The van der Waals surface area contributed by atoms with Crippen LogP contribution in [0.4, 0.5) is 0 Å². The van der Waals surface area contributed by atoms with Crippen LogP contribution in [-0.2, 0) is 18.3 Å². The molecule has 2 fully saturated rings. The summed E-state index contributed by atoms with van der Waals surface area (Å²) in [6.07, 6.45) is -1.39. The molecule has 0 spiro atoms. The number of hydrogen-bond acceptors (Lipinski definition) is 5. The highest BCUT2D eigenvalue weighted by Crippen LogP contribution is 2.48. The third kappa shape index (κ3) is 4.92. The maximum Gasteiger partial charge on any atom is 0.192 e. The first kappa shape index (κ1) is 24.8. The number of nitrogens with zero attached hydrogens (tertiary/aromatic N) is 3. The molecule has 2 rings (SSSR count). The highest BCUT2D eigenvalue weighted by molar-refractivity contribution is 6.74. The maximum absolute atomic E-state index is 9.29. The van der Waals surface area contributed by atoms with Gasteiger partial charge in [0, 0.05) is 4.91 Å². The monoisotopic (exact) mass is 443 g/mol. The lowest BCUT2D eigenvalue weighted by Crippen LogP contribution is -2.54. The van der Waals surface area contributed by atoms with Crippen molar-refractivity contribution < 1.29 is 18.3 Å². The third-order valence-corrected chi connectivity index (χ3v) is 16.1. The van der Waals surface area contributed by atoms with Crippen LogP contribution in [-0.4, -0.2) is 52.9 Å². The van der Waals surface area contributed by atoms with E-state index in [2.05, 4.69) is 77.8 Å². The van der Waals surface area contributed by atoms with E-state index in [1.165, 1.54) is 0 Å². The van der Waals surface area contributed by atoms with E-state index in [9.17, 15) is 5.53 Å². The molecular formula is C20H41N3O4Si2. The minimum Gasteiger partial charge on any atom is -0.411 e. The van der Waals surface area contributed by atoms with Gasteiger partial charge in [0.2, 0.25) is 0 Å². The van der Waals surface area contributed by atoms with Gasteiger partial charge in [-0.25, -0.2) is 0 Å². The minimum absolute atomic E-state index is 0.0219. The van der Waals surface area contributed by atoms with E-state index in [0.29, 0.717) is 0 Å². The fourth-order valence-corrected chi connectivity index (χ4v) is 6.01. The van der Waals surface area contributed by atoms with Crippen molar-refractivity contribution in [2.45, 2.75) is 128 Å². The number of azide groups is 1. The fraction of sp³-hybridized carbons (Fsp3) is 1.00. The number of hydrogen-bond donors (Lipinski definition) is 0. The van der Waals surface area contributed by atoms with Crippen molar-refractivity contribution in [2.75, 3.05) is 0 Å². The summed E-state index contributed by atoms with van der Waals surface area (Å²) in [5.41, 5.74) is 9.29. The van der Waals surface area contributed by atoms with E-state index < -0.39 is 28.5 Å². The maximum atomic E-state index is 9.29. The summed E-state index contributed by atoms with van der Waals surface area (Å²) < 4.78 is 26.1. The van der Waals surface area contributed by atoms with Gasteiger partial charge in [0.25, 0.3) is 0 Å². The molecule has 1 saturated heterocycles. The highest BCUT2D eigenvalue weighted by atomic mass is 28.4. The minimum atomic E-state index is -2.15. The third-order valence-electron chi connectivity index (χ3n) is 7.14. The molecule has 0 amide bonds. The molecule has 0 unspecified atom stereocenters. The van der Waals surface area contributed by atoms with Gasteiger partial charge in [0.15, 0.2) is 22.4 Å². The van der Waals surface area contributed by atoms with Gasteiger partial charge in [-0.2, -0.15) is 0 Å². The van der Waals surface area contributed by atoms with Crippen LogP contribution in [0.25, 0.3) is 10.4 Å². The Kier molecular flexibility index (Phi) is 6.53.